The Balaban J connectivity index is 1.64. The number of nitrogens with zero attached hydrogens (tertiary/aromatic N) is 1. The first-order valence-electron chi connectivity index (χ1n) is 8.50. The fourth-order valence-corrected chi connectivity index (χ4v) is 4.85. The van der Waals surface area contributed by atoms with Gasteiger partial charge in [0.15, 0.2) is 0 Å². The third kappa shape index (κ3) is 3.94. The maximum absolute atomic E-state index is 13.2. The van der Waals surface area contributed by atoms with Gasteiger partial charge in [0.2, 0.25) is 15.9 Å². The van der Waals surface area contributed by atoms with Crippen molar-refractivity contribution in [2.24, 2.45) is 5.92 Å². The molecule has 1 fully saturated rings. The van der Waals surface area contributed by atoms with Gasteiger partial charge in [-0.2, -0.15) is 4.31 Å². The van der Waals surface area contributed by atoms with Crippen molar-refractivity contribution in [2.75, 3.05) is 18.4 Å². The van der Waals surface area contributed by atoms with Crippen molar-refractivity contribution >= 4 is 21.6 Å². The van der Waals surface area contributed by atoms with E-state index in [4.69, 9.17) is 0 Å². The van der Waals surface area contributed by atoms with Crippen molar-refractivity contribution in [3.05, 3.63) is 59.9 Å². The van der Waals surface area contributed by atoms with Gasteiger partial charge in [-0.15, -0.1) is 0 Å². The molecule has 2 aromatic carbocycles. The van der Waals surface area contributed by atoms with Crippen molar-refractivity contribution in [1.29, 1.82) is 0 Å². The lowest BCUT2D eigenvalue weighted by molar-refractivity contribution is -0.120. The van der Waals surface area contributed by atoms with E-state index < -0.39 is 15.8 Å². The van der Waals surface area contributed by atoms with Gasteiger partial charge in [-0.05, 0) is 49.6 Å². The molecule has 0 radical (unpaired) electrons. The maximum atomic E-state index is 13.2. The number of halogens is 1. The van der Waals surface area contributed by atoms with Crippen LogP contribution in [0.1, 0.15) is 18.4 Å². The van der Waals surface area contributed by atoms with Crippen LogP contribution in [0.3, 0.4) is 0 Å². The van der Waals surface area contributed by atoms with Gasteiger partial charge >= 0.3 is 0 Å². The Labute approximate surface area is 152 Å². The van der Waals surface area contributed by atoms with E-state index >= 15 is 0 Å². The van der Waals surface area contributed by atoms with Crippen LogP contribution in [-0.2, 0) is 14.8 Å². The van der Waals surface area contributed by atoms with E-state index in [1.54, 1.807) is 37.3 Å². The van der Waals surface area contributed by atoms with Crippen LogP contribution in [0, 0.1) is 18.7 Å². The minimum absolute atomic E-state index is 0.205. The Morgan fingerprint density at radius 3 is 2.46 bits per heavy atom. The highest BCUT2D eigenvalue weighted by atomic mass is 32.2. The first-order chi connectivity index (χ1) is 12.4. The third-order valence-corrected chi connectivity index (χ3v) is 6.69. The van der Waals surface area contributed by atoms with Gasteiger partial charge in [-0.25, -0.2) is 12.8 Å². The van der Waals surface area contributed by atoms with E-state index in [-0.39, 0.29) is 24.9 Å². The summed E-state index contributed by atoms with van der Waals surface area (Å²) in [5, 5.41) is 2.70. The number of hydrogen-bond donors (Lipinski definition) is 1. The van der Waals surface area contributed by atoms with E-state index in [9.17, 15) is 17.6 Å². The zero-order chi connectivity index (χ0) is 18.7. The van der Waals surface area contributed by atoms with Gasteiger partial charge in [0.05, 0.1) is 4.90 Å². The molecule has 5 nitrogen and oxygen atoms in total. The molecule has 26 heavy (non-hydrogen) atoms. The van der Waals surface area contributed by atoms with Gasteiger partial charge in [-0.3, -0.25) is 4.79 Å². The highest BCUT2D eigenvalue weighted by Gasteiger charge is 2.32. The van der Waals surface area contributed by atoms with E-state index in [0.717, 1.165) is 0 Å². The summed E-state index contributed by atoms with van der Waals surface area (Å²) >= 11 is 0. The molecule has 2 aromatic rings. The minimum Gasteiger partial charge on any atom is -0.326 e. The van der Waals surface area contributed by atoms with E-state index in [2.05, 4.69) is 5.32 Å². The number of rotatable bonds is 4. The Bertz CT molecular complexity index is 907. The Morgan fingerprint density at radius 1 is 1.12 bits per heavy atom. The van der Waals surface area contributed by atoms with Gasteiger partial charge < -0.3 is 5.32 Å². The topological polar surface area (TPSA) is 66.5 Å². The quantitative estimate of drug-likeness (QED) is 0.891. The van der Waals surface area contributed by atoms with Crippen molar-refractivity contribution in [2.45, 2.75) is 24.7 Å². The average molecular weight is 376 g/mol. The molecule has 1 aliphatic rings. The predicted molar refractivity (Wildman–Crippen MR) is 97.7 cm³/mol. The zero-order valence-electron chi connectivity index (χ0n) is 14.5. The predicted octanol–water partition coefficient (Wildman–Crippen LogP) is 3.17. The smallest absolute Gasteiger partial charge is 0.243 e. The second-order valence-electron chi connectivity index (χ2n) is 6.44. The summed E-state index contributed by atoms with van der Waals surface area (Å²) in [5.41, 5.74) is 1.11. The summed E-state index contributed by atoms with van der Waals surface area (Å²) in [6, 6.07) is 12.6. The standard InChI is InChI=1S/C19H21FN2O3S/c1-14-5-2-3-8-18(14)26(24,25)22-11-9-15(10-12-22)19(23)21-17-7-4-6-16(20)13-17/h2-8,13,15H,9-12H2,1H3,(H,21,23). The lowest BCUT2D eigenvalue weighted by Crippen LogP contribution is -2.41. The summed E-state index contributed by atoms with van der Waals surface area (Å²) in [5.74, 6) is -0.910. The molecule has 1 heterocycles. The highest BCUT2D eigenvalue weighted by Crippen LogP contribution is 2.26. The van der Waals surface area contributed by atoms with Crippen molar-refractivity contribution in [3.8, 4) is 0 Å². The number of hydrogen-bond acceptors (Lipinski definition) is 3. The summed E-state index contributed by atoms with van der Waals surface area (Å²) in [4.78, 5) is 12.7. The molecular weight excluding hydrogens is 355 g/mol. The SMILES string of the molecule is Cc1ccccc1S(=O)(=O)N1CCC(C(=O)Nc2cccc(F)c2)CC1. The molecule has 0 spiro atoms. The van der Waals surface area contributed by atoms with E-state index in [0.29, 0.717) is 29.0 Å². The van der Waals surface area contributed by atoms with Gasteiger partial charge in [0.1, 0.15) is 5.82 Å². The Hall–Kier alpha value is -2.25. The molecule has 1 saturated heterocycles. The lowest BCUT2D eigenvalue weighted by atomic mass is 9.97. The summed E-state index contributed by atoms with van der Waals surface area (Å²) < 4.78 is 40.2. The maximum Gasteiger partial charge on any atom is 0.243 e. The van der Waals surface area contributed by atoms with Crippen LogP contribution in [0.4, 0.5) is 10.1 Å². The van der Waals surface area contributed by atoms with Crippen molar-refractivity contribution in [3.63, 3.8) is 0 Å². The monoisotopic (exact) mass is 376 g/mol. The molecule has 0 unspecified atom stereocenters. The molecule has 0 bridgehead atoms. The molecular formula is C19H21FN2O3S. The van der Waals surface area contributed by atoms with Gasteiger partial charge in [-0.1, -0.05) is 24.3 Å². The molecule has 7 heteroatoms. The lowest BCUT2D eigenvalue weighted by Gasteiger charge is -2.31. The highest BCUT2D eigenvalue weighted by molar-refractivity contribution is 7.89. The van der Waals surface area contributed by atoms with Crippen molar-refractivity contribution in [1.82, 2.24) is 4.31 Å². The fraction of sp³-hybridized carbons (Fsp3) is 0.316. The second-order valence-corrected chi connectivity index (χ2v) is 8.35. The number of benzene rings is 2. The Kier molecular flexibility index (Phi) is 5.38. The summed E-state index contributed by atoms with van der Waals surface area (Å²) in [6.45, 7) is 2.35. The molecule has 0 atom stereocenters. The second kappa shape index (κ2) is 7.55. The number of piperidine rings is 1. The van der Waals surface area contributed by atoms with Crippen molar-refractivity contribution < 1.29 is 17.6 Å². The van der Waals surface area contributed by atoms with Crippen LogP contribution in [0.2, 0.25) is 0 Å². The molecule has 138 valence electrons. The van der Waals surface area contributed by atoms with Crippen LogP contribution < -0.4 is 5.32 Å². The zero-order valence-corrected chi connectivity index (χ0v) is 15.3. The number of carbonyl (C=O) groups excluding carboxylic acids is 1. The first-order valence-corrected chi connectivity index (χ1v) is 9.94. The number of aryl methyl sites for hydroxylation is 1. The molecule has 3 rings (SSSR count). The first kappa shape index (κ1) is 18.5. The molecule has 0 aliphatic carbocycles. The van der Waals surface area contributed by atoms with Gasteiger partial charge in [0.25, 0.3) is 0 Å². The molecule has 1 aliphatic heterocycles. The molecule has 1 N–H and O–H groups in total. The fourth-order valence-electron chi connectivity index (χ4n) is 3.15. The van der Waals surface area contributed by atoms with E-state index in [1.165, 1.54) is 22.5 Å². The largest absolute Gasteiger partial charge is 0.326 e. The van der Waals surface area contributed by atoms with Crippen LogP contribution in [-0.4, -0.2) is 31.7 Å². The number of amides is 1. The minimum atomic E-state index is -3.55. The summed E-state index contributed by atoms with van der Waals surface area (Å²) in [7, 11) is -3.55. The van der Waals surface area contributed by atoms with Crippen LogP contribution in [0.15, 0.2) is 53.4 Å². The van der Waals surface area contributed by atoms with Crippen LogP contribution in [0.25, 0.3) is 0 Å². The van der Waals surface area contributed by atoms with Gasteiger partial charge in [0, 0.05) is 24.7 Å². The molecule has 0 saturated carbocycles. The van der Waals surface area contributed by atoms with E-state index in [1.807, 2.05) is 0 Å². The number of nitrogens with one attached hydrogen (secondary N) is 1. The van der Waals surface area contributed by atoms with Crippen LogP contribution >= 0.6 is 0 Å². The normalized spacial score (nSPS) is 16.4. The molecule has 1 amide bonds. The number of carbonyl (C=O) groups is 1. The van der Waals surface area contributed by atoms with Crippen LogP contribution in [0.5, 0.6) is 0 Å². The number of anilines is 1. The Morgan fingerprint density at radius 2 is 1.81 bits per heavy atom. The third-order valence-electron chi connectivity index (χ3n) is 4.63. The molecule has 0 aromatic heterocycles. The average Bonchev–Trinajstić information content (AvgIpc) is 2.62. The summed E-state index contributed by atoms with van der Waals surface area (Å²) in [6.07, 6.45) is 0.874. The number of sulfonamides is 1.